The minimum absolute atomic E-state index is 0.209. The average molecular weight is 274 g/mol. The van der Waals surface area contributed by atoms with Crippen LogP contribution in [0.3, 0.4) is 0 Å². The first-order chi connectivity index (χ1) is 9.81. The van der Waals surface area contributed by atoms with Crippen LogP contribution in [-0.4, -0.2) is 37.7 Å². The van der Waals surface area contributed by atoms with Gasteiger partial charge in [-0.05, 0) is 19.4 Å². The zero-order valence-corrected chi connectivity index (χ0v) is 12.0. The summed E-state index contributed by atoms with van der Waals surface area (Å²) >= 11 is 0. The Morgan fingerprint density at radius 2 is 2.10 bits per heavy atom. The van der Waals surface area contributed by atoms with Gasteiger partial charge in [-0.2, -0.15) is 0 Å². The first-order valence-electron chi connectivity index (χ1n) is 7.31. The molecule has 2 heterocycles. The predicted molar refractivity (Wildman–Crippen MR) is 79.8 cm³/mol. The van der Waals surface area contributed by atoms with Crippen LogP contribution in [-0.2, 0) is 4.74 Å². The van der Waals surface area contributed by atoms with E-state index in [2.05, 4.69) is 17.0 Å². The van der Waals surface area contributed by atoms with E-state index in [9.17, 15) is 0 Å². The Morgan fingerprint density at radius 1 is 1.25 bits per heavy atom. The van der Waals surface area contributed by atoms with Gasteiger partial charge in [0.2, 0.25) is 0 Å². The Balaban J connectivity index is 1.99. The van der Waals surface area contributed by atoms with Gasteiger partial charge in [-0.3, -0.25) is 4.90 Å². The minimum atomic E-state index is 0.209. The lowest BCUT2D eigenvalue weighted by molar-refractivity contribution is 0.132. The van der Waals surface area contributed by atoms with Crippen LogP contribution in [0.5, 0.6) is 0 Å². The molecule has 1 atom stereocenters. The van der Waals surface area contributed by atoms with Gasteiger partial charge in [-0.1, -0.05) is 18.2 Å². The number of benzene rings is 1. The third-order valence-corrected chi connectivity index (χ3v) is 4.07. The van der Waals surface area contributed by atoms with E-state index in [0.717, 1.165) is 44.1 Å². The monoisotopic (exact) mass is 274 g/mol. The molecule has 4 heteroatoms. The van der Waals surface area contributed by atoms with Crippen LogP contribution in [0, 0.1) is 6.92 Å². The predicted octanol–water partition coefficient (Wildman–Crippen LogP) is 2.46. The Labute approximate surface area is 119 Å². The van der Waals surface area contributed by atoms with Gasteiger partial charge >= 0.3 is 0 Å². The molecule has 1 saturated heterocycles. The van der Waals surface area contributed by atoms with E-state index in [1.54, 1.807) is 0 Å². The van der Waals surface area contributed by atoms with Crippen molar-refractivity contribution in [1.82, 2.24) is 4.90 Å². The van der Waals surface area contributed by atoms with Gasteiger partial charge in [0.1, 0.15) is 11.3 Å². The minimum Gasteiger partial charge on any atom is -0.461 e. The third-order valence-electron chi connectivity index (χ3n) is 4.07. The van der Waals surface area contributed by atoms with Crippen molar-refractivity contribution in [3.63, 3.8) is 0 Å². The zero-order valence-electron chi connectivity index (χ0n) is 12.0. The molecule has 0 aliphatic carbocycles. The number of aryl methyl sites for hydroxylation is 1. The van der Waals surface area contributed by atoms with Crippen LogP contribution < -0.4 is 5.73 Å². The maximum absolute atomic E-state index is 6.08. The molecule has 0 spiro atoms. The highest BCUT2D eigenvalue weighted by molar-refractivity contribution is 5.82. The second kappa shape index (κ2) is 5.95. The number of hydrogen-bond donors (Lipinski definition) is 1. The summed E-state index contributed by atoms with van der Waals surface area (Å²) in [6.07, 6.45) is 1.06. The molecule has 1 aliphatic heterocycles. The Hall–Kier alpha value is -1.36. The maximum Gasteiger partial charge on any atom is 0.134 e. The van der Waals surface area contributed by atoms with Gasteiger partial charge in [0, 0.05) is 37.2 Å². The number of fused-ring (bicyclic) bond motifs is 1. The Morgan fingerprint density at radius 3 is 2.95 bits per heavy atom. The standard InChI is InChI=1S/C16H22N2O2/c1-12-16(13-5-2-3-6-15(13)20-12)14(11-17)18-7-4-9-19-10-8-18/h2-3,5-6,14H,4,7-11,17H2,1H3. The van der Waals surface area contributed by atoms with Gasteiger partial charge in [-0.15, -0.1) is 0 Å². The molecule has 2 aromatic rings. The van der Waals surface area contributed by atoms with Crippen LogP contribution in [0.15, 0.2) is 28.7 Å². The lowest BCUT2D eigenvalue weighted by atomic mass is 10.0. The normalized spacial score (nSPS) is 19.1. The summed E-state index contributed by atoms with van der Waals surface area (Å²) < 4.78 is 11.4. The van der Waals surface area contributed by atoms with E-state index in [0.29, 0.717) is 6.54 Å². The summed E-state index contributed by atoms with van der Waals surface area (Å²) in [5, 5.41) is 1.19. The first-order valence-corrected chi connectivity index (χ1v) is 7.31. The van der Waals surface area contributed by atoms with Crippen molar-refractivity contribution in [1.29, 1.82) is 0 Å². The van der Waals surface area contributed by atoms with Crippen molar-refractivity contribution in [2.75, 3.05) is 32.8 Å². The Kier molecular flexibility index (Phi) is 4.05. The summed E-state index contributed by atoms with van der Waals surface area (Å²) in [6.45, 7) is 6.22. The molecule has 0 bridgehead atoms. The summed E-state index contributed by atoms with van der Waals surface area (Å²) in [4.78, 5) is 2.43. The number of para-hydroxylation sites is 1. The third kappa shape index (κ3) is 2.46. The molecule has 2 N–H and O–H groups in total. The van der Waals surface area contributed by atoms with Gasteiger partial charge < -0.3 is 14.9 Å². The largest absolute Gasteiger partial charge is 0.461 e. The van der Waals surface area contributed by atoms with E-state index in [1.165, 1.54) is 10.9 Å². The second-order valence-electron chi connectivity index (χ2n) is 5.32. The molecule has 1 fully saturated rings. The molecule has 0 amide bonds. The molecule has 1 aromatic heterocycles. The van der Waals surface area contributed by atoms with Gasteiger partial charge in [0.25, 0.3) is 0 Å². The van der Waals surface area contributed by atoms with Crippen molar-refractivity contribution in [3.05, 3.63) is 35.6 Å². The fraction of sp³-hybridized carbons (Fsp3) is 0.500. The highest BCUT2D eigenvalue weighted by Crippen LogP contribution is 2.33. The molecular formula is C16H22N2O2. The summed E-state index contributed by atoms with van der Waals surface area (Å²) in [5.41, 5.74) is 8.27. The smallest absolute Gasteiger partial charge is 0.134 e. The lowest BCUT2D eigenvalue weighted by Gasteiger charge is -2.29. The number of nitrogens with zero attached hydrogens (tertiary/aromatic N) is 1. The molecule has 1 aliphatic rings. The van der Waals surface area contributed by atoms with Crippen molar-refractivity contribution in [2.24, 2.45) is 5.73 Å². The lowest BCUT2D eigenvalue weighted by Crippen LogP contribution is -2.35. The van der Waals surface area contributed by atoms with E-state index in [-0.39, 0.29) is 6.04 Å². The SMILES string of the molecule is Cc1oc2ccccc2c1C(CN)N1CCCOCC1. The van der Waals surface area contributed by atoms with Crippen LogP contribution >= 0.6 is 0 Å². The molecule has 1 unspecified atom stereocenters. The molecule has 20 heavy (non-hydrogen) atoms. The van der Waals surface area contributed by atoms with Gasteiger partial charge in [0.05, 0.1) is 12.6 Å². The summed E-state index contributed by atoms with van der Waals surface area (Å²) in [7, 11) is 0. The highest BCUT2D eigenvalue weighted by Gasteiger charge is 2.25. The fourth-order valence-electron chi connectivity index (χ4n) is 3.13. The van der Waals surface area contributed by atoms with Gasteiger partial charge in [-0.25, -0.2) is 0 Å². The van der Waals surface area contributed by atoms with Crippen LogP contribution in [0.4, 0.5) is 0 Å². The zero-order chi connectivity index (χ0) is 13.9. The topological polar surface area (TPSA) is 51.6 Å². The molecular weight excluding hydrogens is 252 g/mol. The molecule has 4 nitrogen and oxygen atoms in total. The van der Waals surface area contributed by atoms with Crippen molar-refractivity contribution in [2.45, 2.75) is 19.4 Å². The van der Waals surface area contributed by atoms with Gasteiger partial charge in [0.15, 0.2) is 0 Å². The van der Waals surface area contributed by atoms with Crippen LogP contribution in [0.25, 0.3) is 11.0 Å². The van der Waals surface area contributed by atoms with Crippen molar-refractivity contribution >= 4 is 11.0 Å². The maximum atomic E-state index is 6.08. The molecule has 3 rings (SSSR count). The summed E-state index contributed by atoms with van der Waals surface area (Å²) in [6, 6.07) is 8.41. The number of furan rings is 1. The molecule has 108 valence electrons. The van der Waals surface area contributed by atoms with Crippen molar-refractivity contribution < 1.29 is 9.15 Å². The van der Waals surface area contributed by atoms with E-state index < -0.39 is 0 Å². The molecule has 0 radical (unpaired) electrons. The number of nitrogens with two attached hydrogens (primary N) is 1. The van der Waals surface area contributed by atoms with E-state index in [1.807, 2.05) is 19.1 Å². The number of ether oxygens (including phenoxy) is 1. The number of hydrogen-bond acceptors (Lipinski definition) is 4. The van der Waals surface area contributed by atoms with E-state index in [4.69, 9.17) is 14.9 Å². The van der Waals surface area contributed by atoms with Crippen LogP contribution in [0.1, 0.15) is 23.8 Å². The van der Waals surface area contributed by atoms with Crippen molar-refractivity contribution in [3.8, 4) is 0 Å². The van der Waals surface area contributed by atoms with E-state index >= 15 is 0 Å². The average Bonchev–Trinajstić information content (AvgIpc) is 2.66. The van der Waals surface area contributed by atoms with Crippen LogP contribution in [0.2, 0.25) is 0 Å². The number of rotatable bonds is 3. The summed E-state index contributed by atoms with van der Waals surface area (Å²) in [5.74, 6) is 0.979. The molecule has 0 saturated carbocycles. The highest BCUT2D eigenvalue weighted by atomic mass is 16.5. The Bertz CT molecular complexity index is 571. The second-order valence-corrected chi connectivity index (χ2v) is 5.32. The fourth-order valence-corrected chi connectivity index (χ4v) is 3.13. The first kappa shape index (κ1) is 13.6. The quantitative estimate of drug-likeness (QED) is 0.934. The molecule has 1 aromatic carbocycles.